The van der Waals surface area contributed by atoms with Crippen LogP contribution in [0, 0.1) is 0 Å². The van der Waals surface area contributed by atoms with E-state index in [4.69, 9.17) is 9.47 Å². The van der Waals surface area contributed by atoms with Crippen molar-refractivity contribution in [3.8, 4) is 0 Å². The van der Waals surface area contributed by atoms with E-state index in [1.54, 1.807) is 19.1 Å². The summed E-state index contributed by atoms with van der Waals surface area (Å²) in [5, 5.41) is 0. The van der Waals surface area contributed by atoms with Gasteiger partial charge in [0.05, 0.1) is 10.4 Å². The van der Waals surface area contributed by atoms with Crippen molar-refractivity contribution < 1.29 is 23.9 Å². The van der Waals surface area contributed by atoms with Crippen molar-refractivity contribution in [3.63, 3.8) is 0 Å². The average molecular weight is 404 g/mol. The lowest BCUT2D eigenvalue weighted by atomic mass is 10.0. The van der Waals surface area contributed by atoms with E-state index in [1.807, 2.05) is 0 Å². The highest BCUT2D eigenvalue weighted by molar-refractivity contribution is 9.11. The Kier molecular flexibility index (Phi) is 6.59. The number of thiophene rings is 1. The summed E-state index contributed by atoms with van der Waals surface area (Å²) >= 11 is 4.50. The van der Waals surface area contributed by atoms with E-state index in [0.29, 0.717) is 17.8 Å². The fourth-order valence-corrected chi connectivity index (χ4v) is 3.70. The van der Waals surface area contributed by atoms with Gasteiger partial charge in [0.15, 0.2) is 6.61 Å². The molecule has 1 aromatic heterocycles. The van der Waals surface area contributed by atoms with Crippen LogP contribution < -0.4 is 0 Å². The number of nitrogens with zero attached hydrogens (tertiary/aromatic N) is 1. The first-order valence-corrected chi connectivity index (χ1v) is 9.02. The number of ether oxygens (including phenoxy) is 2. The lowest BCUT2D eigenvalue weighted by Crippen LogP contribution is -2.50. The Labute approximate surface area is 146 Å². The molecule has 1 atom stereocenters. The molecule has 6 nitrogen and oxygen atoms in total. The van der Waals surface area contributed by atoms with E-state index in [1.165, 1.54) is 16.2 Å². The fraction of sp³-hybridized carbons (Fsp3) is 0.533. The molecule has 0 aromatic carbocycles. The van der Waals surface area contributed by atoms with Crippen molar-refractivity contribution in [3.05, 3.63) is 20.8 Å². The predicted molar refractivity (Wildman–Crippen MR) is 88.3 cm³/mol. The lowest BCUT2D eigenvalue weighted by molar-refractivity contribution is -0.157. The molecule has 1 aliphatic rings. The first-order chi connectivity index (χ1) is 11.0. The van der Waals surface area contributed by atoms with Crippen LogP contribution in [-0.2, 0) is 19.1 Å². The van der Waals surface area contributed by atoms with Crippen LogP contribution in [0.5, 0.6) is 0 Å². The molecule has 1 fully saturated rings. The summed E-state index contributed by atoms with van der Waals surface area (Å²) in [6.07, 6.45) is 2.28. The number of carbonyl (C=O) groups is 3. The van der Waals surface area contributed by atoms with Crippen molar-refractivity contribution in [2.24, 2.45) is 0 Å². The van der Waals surface area contributed by atoms with Crippen molar-refractivity contribution in [2.75, 3.05) is 19.8 Å². The zero-order chi connectivity index (χ0) is 16.8. The summed E-state index contributed by atoms with van der Waals surface area (Å²) in [6.45, 7) is 2.11. The summed E-state index contributed by atoms with van der Waals surface area (Å²) in [4.78, 5) is 38.0. The number of carbonyl (C=O) groups excluding carboxylic acids is 3. The van der Waals surface area contributed by atoms with Crippen LogP contribution in [0.4, 0.5) is 0 Å². The van der Waals surface area contributed by atoms with E-state index in [2.05, 4.69) is 15.9 Å². The van der Waals surface area contributed by atoms with E-state index in [0.717, 1.165) is 16.6 Å². The molecule has 0 saturated carbocycles. The van der Waals surface area contributed by atoms with Gasteiger partial charge in [0.25, 0.3) is 5.91 Å². The molecule has 8 heteroatoms. The molecule has 0 bridgehead atoms. The first kappa shape index (κ1) is 17.9. The highest BCUT2D eigenvalue weighted by Crippen LogP contribution is 2.23. The molecule has 0 radical (unpaired) electrons. The average Bonchev–Trinajstić information content (AvgIpc) is 2.99. The highest BCUT2D eigenvalue weighted by atomic mass is 79.9. The molecule has 0 aliphatic carbocycles. The SMILES string of the molecule is CCOC(=O)C1CCCCN1C(=O)COC(=O)c1ccc(Br)s1. The molecule has 0 spiro atoms. The molecule has 2 heterocycles. The van der Waals surface area contributed by atoms with Crippen LogP contribution in [-0.4, -0.2) is 48.5 Å². The van der Waals surface area contributed by atoms with Gasteiger partial charge < -0.3 is 14.4 Å². The van der Waals surface area contributed by atoms with E-state index in [9.17, 15) is 14.4 Å². The molecule has 1 amide bonds. The minimum Gasteiger partial charge on any atom is -0.464 e. The molecular weight excluding hydrogens is 386 g/mol. The number of rotatable bonds is 5. The topological polar surface area (TPSA) is 72.9 Å². The van der Waals surface area contributed by atoms with Gasteiger partial charge in [-0.25, -0.2) is 9.59 Å². The van der Waals surface area contributed by atoms with Crippen LogP contribution in [0.15, 0.2) is 15.9 Å². The van der Waals surface area contributed by atoms with Gasteiger partial charge in [-0.2, -0.15) is 0 Å². The molecule has 1 aliphatic heterocycles. The predicted octanol–water partition coefficient (Wildman–Crippen LogP) is 2.61. The zero-order valence-electron chi connectivity index (χ0n) is 12.7. The van der Waals surface area contributed by atoms with Gasteiger partial charge in [-0.1, -0.05) is 0 Å². The van der Waals surface area contributed by atoms with Crippen LogP contribution >= 0.6 is 27.3 Å². The summed E-state index contributed by atoms with van der Waals surface area (Å²) in [5.74, 6) is -1.31. The summed E-state index contributed by atoms with van der Waals surface area (Å²) in [7, 11) is 0. The number of halogens is 1. The maximum Gasteiger partial charge on any atom is 0.348 e. The third kappa shape index (κ3) is 4.78. The van der Waals surface area contributed by atoms with Crippen molar-refractivity contribution in [1.29, 1.82) is 0 Å². The van der Waals surface area contributed by atoms with Gasteiger partial charge in [-0.05, 0) is 54.2 Å². The summed E-state index contributed by atoms with van der Waals surface area (Å²) in [6, 6.07) is 2.79. The van der Waals surface area contributed by atoms with Crippen LogP contribution in [0.1, 0.15) is 35.9 Å². The molecule has 1 unspecified atom stereocenters. The van der Waals surface area contributed by atoms with Gasteiger partial charge in [-0.3, -0.25) is 4.79 Å². The number of hydrogen-bond donors (Lipinski definition) is 0. The van der Waals surface area contributed by atoms with Gasteiger partial charge >= 0.3 is 11.9 Å². The number of piperidine rings is 1. The quantitative estimate of drug-likeness (QED) is 0.706. The maximum atomic E-state index is 12.3. The molecule has 2 rings (SSSR count). The molecule has 23 heavy (non-hydrogen) atoms. The van der Waals surface area contributed by atoms with Gasteiger partial charge in [0.2, 0.25) is 0 Å². The second-order valence-electron chi connectivity index (χ2n) is 5.03. The number of likely N-dealkylation sites (tertiary alicyclic amines) is 1. The Morgan fingerprint density at radius 1 is 1.30 bits per heavy atom. The molecule has 1 aromatic rings. The minimum absolute atomic E-state index is 0.277. The number of amides is 1. The van der Waals surface area contributed by atoms with Crippen molar-refractivity contribution >= 4 is 45.1 Å². The van der Waals surface area contributed by atoms with Crippen molar-refractivity contribution in [1.82, 2.24) is 4.90 Å². The Balaban J connectivity index is 1.92. The monoisotopic (exact) mass is 403 g/mol. The fourth-order valence-electron chi connectivity index (χ4n) is 2.42. The second kappa shape index (κ2) is 8.44. The van der Waals surface area contributed by atoms with Crippen LogP contribution in [0.3, 0.4) is 0 Å². The van der Waals surface area contributed by atoms with Crippen LogP contribution in [0.25, 0.3) is 0 Å². The Morgan fingerprint density at radius 2 is 2.09 bits per heavy atom. The Hall–Kier alpha value is -1.41. The molecule has 0 N–H and O–H groups in total. The summed E-state index contributed by atoms with van der Waals surface area (Å²) < 4.78 is 10.9. The van der Waals surface area contributed by atoms with E-state index in [-0.39, 0.29) is 19.1 Å². The molecule has 1 saturated heterocycles. The van der Waals surface area contributed by atoms with E-state index < -0.39 is 18.0 Å². The van der Waals surface area contributed by atoms with Gasteiger partial charge in [0.1, 0.15) is 10.9 Å². The zero-order valence-corrected chi connectivity index (χ0v) is 15.2. The lowest BCUT2D eigenvalue weighted by Gasteiger charge is -2.33. The van der Waals surface area contributed by atoms with Gasteiger partial charge in [-0.15, -0.1) is 11.3 Å². The first-order valence-electron chi connectivity index (χ1n) is 7.41. The Bertz CT molecular complexity index is 588. The Morgan fingerprint density at radius 3 is 2.74 bits per heavy atom. The second-order valence-corrected chi connectivity index (χ2v) is 7.49. The smallest absolute Gasteiger partial charge is 0.348 e. The maximum absolute atomic E-state index is 12.3. The van der Waals surface area contributed by atoms with Crippen LogP contribution in [0.2, 0.25) is 0 Å². The standard InChI is InChI=1S/C15H18BrNO5S/c1-2-21-14(19)10-5-3-4-8-17(10)13(18)9-22-15(20)11-6-7-12(16)23-11/h6-7,10H,2-5,8-9H2,1H3. The van der Waals surface area contributed by atoms with E-state index >= 15 is 0 Å². The highest BCUT2D eigenvalue weighted by Gasteiger charge is 2.33. The minimum atomic E-state index is -0.578. The summed E-state index contributed by atoms with van der Waals surface area (Å²) in [5.41, 5.74) is 0. The normalized spacial score (nSPS) is 17.7. The van der Waals surface area contributed by atoms with Crippen molar-refractivity contribution in [2.45, 2.75) is 32.2 Å². The largest absolute Gasteiger partial charge is 0.464 e. The third-order valence-electron chi connectivity index (χ3n) is 3.48. The number of hydrogen-bond acceptors (Lipinski definition) is 6. The third-order valence-corrected chi connectivity index (χ3v) is 5.09. The van der Waals surface area contributed by atoms with Gasteiger partial charge in [0, 0.05) is 6.54 Å². The number of esters is 2. The molecule has 126 valence electrons. The molecular formula is C15H18BrNO5S.